The first kappa shape index (κ1) is 73.8. The van der Waals surface area contributed by atoms with E-state index in [9.17, 15) is 14.4 Å². The van der Waals surface area contributed by atoms with Gasteiger partial charge in [0.05, 0.1) is 0 Å². The Labute approximate surface area is 478 Å². The van der Waals surface area contributed by atoms with E-state index in [0.717, 1.165) is 96.3 Å². The number of unbranched alkanes of at least 4 members (excludes halogenated alkanes) is 38. The Morgan fingerprint density at radius 1 is 0.260 bits per heavy atom. The van der Waals surface area contributed by atoms with Crippen molar-refractivity contribution in [1.82, 2.24) is 0 Å². The summed E-state index contributed by atoms with van der Waals surface area (Å²) in [6.07, 6.45) is 84.8. The van der Waals surface area contributed by atoms with E-state index in [1.54, 1.807) is 0 Å². The Balaban J connectivity index is 4.34. The second-order valence-corrected chi connectivity index (χ2v) is 22.4. The first-order chi connectivity index (χ1) is 38.0. The molecule has 0 spiro atoms. The van der Waals surface area contributed by atoms with Gasteiger partial charge < -0.3 is 14.2 Å². The number of rotatable bonds is 61. The van der Waals surface area contributed by atoms with Crippen LogP contribution in [0, 0.1) is 0 Å². The normalized spacial score (nSPS) is 12.5. The van der Waals surface area contributed by atoms with Crippen molar-refractivity contribution < 1.29 is 28.6 Å². The molecule has 0 rings (SSSR count). The average molecular weight is 1080 g/mol. The Morgan fingerprint density at radius 2 is 0.468 bits per heavy atom. The SMILES string of the molecule is CCCCC/C=C\C/C=C\C/C=C\CCCCCCCCC(=O)OC(COC(=O)CCCCCCC/C=C\CCCCCCCC)COC(=O)CCCCCCCCCCCCCCC/C=C\C/C=C\CCCCCCC. The fourth-order valence-electron chi connectivity index (χ4n) is 9.59. The van der Waals surface area contributed by atoms with E-state index in [1.807, 2.05) is 0 Å². The van der Waals surface area contributed by atoms with Crippen LogP contribution in [0.4, 0.5) is 0 Å². The van der Waals surface area contributed by atoms with Crippen LogP contribution in [0.5, 0.6) is 0 Å². The van der Waals surface area contributed by atoms with Gasteiger partial charge in [-0.25, -0.2) is 0 Å². The molecule has 0 bridgehead atoms. The molecule has 0 fully saturated rings. The van der Waals surface area contributed by atoms with Gasteiger partial charge in [-0.3, -0.25) is 14.4 Å². The fourth-order valence-corrected chi connectivity index (χ4v) is 9.59. The second-order valence-electron chi connectivity index (χ2n) is 22.4. The number of allylic oxidation sites excluding steroid dienone is 12. The minimum absolute atomic E-state index is 0.0820. The van der Waals surface area contributed by atoms with Crippen LogP contribution in [-0.4, -0.2) is 37.2 Å². The van der Waals surface area contributed by atoms with Crippen LogP contribution in [0.15, 0.2) is 72.9 Å². The van der Waals surface area contributed by atoms with E-state index in [4.69, 9.17) is 14.2 Å². The molecular weight excluding hydrogens is 949 g/mol. The largest absolute Gasteiger partial charge is 0.462 e. The van der Waals surface area contributed by atoms with E-state index in [1.165, 1.54) is 205 Å². The molecule has 0 radical (unpaired) electrons. The molecule has 0 aliphatic rings. The van der Waals surface area contributed by atoms with Gasteiger partial charge in [-0.05, 0) is 116 Å². The highest BCUT2D eigenvalue weighted by Crippen LogP contribution is 2.16. The number of hydrogen-bond donors (Lipinski definition) is 0. The molecule has 6 heteroatoms. The molecule has 0 aromatic carbocycles. The summed E-state index contributed by atoms with van der Waals surface area (Å²) in [5.74, 6) is -0.888. The van der Waals surface area contributed by atoms with Crippen molar-refractivity contribution in [2.75, 3.05) is 13.2 Å². The summed E-state index contributed by atoms with van der Waals surface area (Å²) in [4.78, 5) is 38.4. The molecule has 0 aromatic rings. The maximum absolute atomic E-state index is 12.9. The molecule has 1 atom stereocenters. The van der Waals surface area contributed by atoms with Crippen molar-refractivity contribution in [3.05, 3.63) is 72.9 Å². The topological polar surface area (TPSA) is 78.9 Å². The van der Waals surface area contributed by atoms with Crippen LogP contribution >= 0.6 is 0 Å². The van der Waals surface area contributed by atoms with Crippen molar-refractivity contribution in [3.8, 4) is 0 Å². The Morgan fingerprint density at radius 3 is 0.766 bits per heavy atom. The van der Waals surface area contributed by atoms with Crippen molar-refractivity contribution in [2.45, 2.75) is 348 Å². The number of carbonyl (C=O) groups is 3. The van der Waals surface area contributed by atoms with Crippen LogP contribution < -0.4 is 0 Å². The smallest absolute Gasteiger partial charge is 0.306 e. The van der Waals surface area contributed by atoms with Crippen LogP contribution in [0.2, 0.25) is 0 Å². The summed E-state index contributed by atoms with van der Waals surface area (Å²) in [6.45, 7) is 6.62. The van der Waals surface area contributed by atoms with Gasteiger partial charge >= 0.3 is 17.9 Å². The number of carbonyl (C=O) groups excluding carboxylic acids is 3. The predicted octanol–water partition coefficient (Wildman–Crippen LogP) is 22.9. The van der Waals surface area contributed by atoms with Crippen LogP contribution in [0.3, 0.4) is 0 Å². The van der Waals surface area contributed by atoms with Gasteiger partial charge in [-0.15, -0.1) is 0 Å². The maximum Gasteiger partial charge on any atom is 0.306 e. The van der Waals surface area contributed by atoms with Gasteiger partial charge in [-0.2, -0.15) is 0 Å². The first-order valence-electron chi connectivity index (χ1n) is 33.4. The summed E-state index contributed by atoms with van der Waals surface area (Å²) in [5, 5.41) is 0. The van der Waals surface area contributed by atoms with Crippen LogP contribution in [0.25, 0.3) is 0 Å². The number of esters is 3. The summed E-state index contributed by atoms with van der Waals surface area (Å²) in [5.41, 5.74) is 0. The van der Waals surface area contributed by atoms with E-state index < -0.39 is 6.10 Å². The highest BCUT2D eigenvalue weighted by molar-refractivity contribution is 5.71. The highest BCUT2D eigenvalue weighted by atomic mass is 16.6. The zero-order chi connectivity index (χ0) is 55.7. The Bertz CT molecular complexity index is 1420. The molecule has 0 heterocycles. The highest BCUT2D eigenvalue weighted by Gasteiger charge is 2.19. The zero-order valence-corrected chi connectivity index (χ0v) is 51.2. The van der Waals surface area contributed by atoms with Crippen molar-refractivity contribution >= 4 is 17.9 Å². The standard InChI is InChI=1S/C71H126O6/c1-4-7-10-13-16-19-22-25-28-30-32-33-34-35-36-37-39-40-43-46-49-52-55-58-61-64-70(73)76-67-68(66-75-69(72)63-60-57-54-51-48-45-42-27-24-21-18-15-12-9-6-3)77-71(74)65-62-59-56-53-50-47-44-41-38-31-29-26-23-20-17-14-11-8-5-2/h17,20,22,25-27,29-30,32,38,41-42,68H,4-16,18-19,21,23-24,28,31,33-37,39-40,43-67H2,1-3H3/b20-17-,25-22-,29-26-,32-30-,41-38-,42-27-. The molecular formula is C71H126O6. The monoisotopic (exact) mass is 1070 g/mol. The van der Waals surface area contributed by atoms with E-state index >= 15 is 0 Å². The van der Waals surface area contributed by atoms with Gasteiger partial charge in [0.25, 0.3) is 0 Å². The van der Waals surface area contributed by atoms with Gasteiger partial charge in [0.1, 0.15) is 13.2 Å². The number of ether oxygens (including phenoxy) is 3. The number of hydrogen-bond acceptors (Lipinski definition) is 6. The molecule has 0 aromatic heterocycles. The first-order valence-corrected chi connectivity index (χ1v) is 33.4. The molecule has 0 aliphatic heterocycles. The van der Waals surface area contributed by atoms with Crippen LogP contribution in [-0.2, 0) is 28.6 Å². The van der Waals surface area contributed by atoms with E-state index in [-0.39, 0.29) is 31.1 Å². The van der Waals surface area contributed by atoms with Gasteiger partial charge in [0.2, 0.25) is 0 Å². The van der Waals surface area contributed by atoms with Gasteiger partial charge in [0, 0.05) is 19.3 Å². The Kier molecular flexibility index (Phi) is 62.7. The molecule has 0 saturated heterocycles. The van der Waals surface area contributed by atoms with Crippen molar-refractivity contribution in [2.24, 2.45) is 0 Å². The molecule has 0 N–H and O–H groups in total. The quantitative estimate of drug-likeness (QED) is 0.0261. The third kappa shape index (κ3) is 63.6. The van der Waals surface area contributed by atoms with Gasteiger partial charge in [0.15, 0.2) is 6.10 Å². The fraction of sp³-hybridized carbons (Fsp3) is 0.789. The average Bonchev–Trinajstić information content (AvgIpc) is 3.43. The van der Waals surface area contributed by atoms with E-state index in [2.05, 4.69) is 93.7 Å². The molecule has 0 aliphatic carbocycles. The Hall–Kier alpha value is -3.15. The van der Waals surface area contributed by atoms with Crippen LogP contribution in [0.1, 0.15) is 342 Å². The summed E-state index contributed by atoms with van der Waals surface area (Å²) in [6, 6.07) is 0. The van der Waals surface area contributed by atoms with E-state index in [0.29, 0.717) is 19.3 Å². The summed E-state index contributed by atoms with van der Waals surface area (Å²) in [7, 11) is 0. The minimum atomic E-state index is -0.787. The van der Waals surface area contributed by atoms with Crippen molar-refractivity contribution in [3.63, 3.8) is 0 Å². The summed E-state index contributed by atoms with van der Waals surface area (Å²) >= 11 is 0. The zero-order valence-electron chi connectivity index (χ0n) is 51.2. The third-order valence-corrected chi connectivity index (χ3v) is 14.7. The van der Waals surface area contributed by atoms with Gasteiger partial charge in [-0.1, -0.05) is 280 Å². The summed E-state index contributed by atoms with van der Waals surface area (Å²) < 4.78 is 16.9. The molecule has 0 amide bonds. The maximum atomic E-state index is 12.9. The van der Waals surface area contributed by atoms with Crippen molar-refractivity contribution in [1.29, 1.82) is 0 Å². The lowest BCUT2D eigenvalue weighted by Crippen LogP contribution is -2.30. The predicted molar refractivity (Wildman–Crippen MR) is 335 cm³/mol. The minimum Gasteiger partial charge on any atom is -0.462 e. The lowest BCUT2D eigenvalue weighted by atomic mass is 10.0. The lowest BCUT2D eigenvalue weighted by Gasteiger charge is -2.18. The molecule has 0 saturated carbocycles. The molecule has 77 heavy (non-hydrogen) atoms. The molecule has 1 unspecified atom stereocenters. The third-order valence-electron chi connectivity index (χ3n) is 14.7. The second kappa shape index (κ2) is 65.4. The molecule has 6 nitrogen and oxygen atoms in total. The lowest BCUT2D eigenvalue weighted by molar-refractivity contribution is -0.167. The molecule has 446 valence electrons.